The minimum atomic E-state index is 0.408. The summed E-state index contributed by atoms with van der Waals surface area (Å²) in [7, 11) is 4.16. The summed E-state index contributed by atoms with van der Waals surface area (Å²) in [5, 5.41) is 0. The summed E-state index contributed by atoms with van der Waals surface area (Å²) in [6.45, 7) is 10.6. The molecule has 2 unspecified atom stereocenters. The summed E-state index contributed by atoms with van der Waals surface area (Å²) in [6.07, 6.45) is 4.86. The van der Waals surface area contributed by atoms with E-state index < -0.39 is 0 Å². The second-order valence-corrected chi connectivity index (χ2v) is 4.75. The fraction of sp³-hybridized carbons (Fsp3) is 0.571. The summed E-state index contributed by atoms with van der Waals surface area (Å²) in [5.74, 6) is 0. The van der Waals surface area contributed by atoms with E-state index in [1.165, 1.54) is 11.3 Å². The number of rotatable bonds is 5. The van der Waals surface area contributed by atoms with Gasteiger partial charge >= 0.3 is 0 Å². The molecule has 0 aliphatic carbocycles. The molecule has 1 rings (SSSR count). The highest BCUT2D eigenvalue weighted by atomic mass is 15.2. The van der Waals surface area contributed by atoms with Crippen molar-refractivity contribution in [2.24, 2.45) is 0 Å². The molecule has 0 saturated carbocycles. The summed E-state index contributed by atoms with van der Waals surface area (Å²) in [4.78, 5) is 6.50. The Morgan fingerprint density at radius 1 is 1.53 bits per heavy atom. The first-order chi connectivity index (χ1) is 7.99. The van der Waals surface area contributed by atoms with E-state index in [1.807, 2.05) is 30.1 Å². The van der Waals surface area contributed by atoms with E-state index in [1.54, 1.807) is 0 Å². The lowest BCUT2D eigenvalue weighted by Gasteiger charge is -2.30. The number of aryl methyl sites for hydroxylation is 1. The highest BCUT2D eigenvalue weighted by molar-refractivity contribution is 5.51. The molecule has 0 bridgehead atoms. The largest absolute Gasteiger partial charge is 0.364 e. The van der Waals surface area contributed by atoms with Crippen molar-refractivity contribution in [2.75, 3.05) is 19.0 Å². The zero-order valence-corrected chi connectivity index (χ0v) is 11.6. The van der Waals surface area contributed by atoms with Crippen molar-refractivity contribution in [3.05, 3.63) is 24.0 Å². The molecular formula is C14H24N3+. The number of hydrogen-bond acceptors (Lipinski definition) is 2. The second-order valence-electron chi connectivity index (χ2n) is 4.75. The zero-order chi connectivity index (χ0) is 13.0. The standard InChI is InChI=1S/C14H24N3/c1-7-13(16(4)5)12(3)17(6)14-10-15-9-8-11(14)2/h8-10,12-13H,4,7H2,1-3,5-6H3/q+1. The van der Waals surface area contributed by atoms with Crippen LogP contribution in [-0.2, 0) is 0 Å². The minimum Gasteiger partial charge on any atom is -0.364 e. The van der Waals surface area contributed by atoms with Gasteiger partial charge in [-0.2, -0.15) is 0 Å². The van der Waals surface area contributed by atoms with Gasteiger partial charge in [0.05, 0.1) is 17.9 Å². The van der Waals surface area contributed by atoms with Gasteiger partial charge in [-0.1, -0.05) is 6.92 Å². The molecule has 0 N–H and O–H groups in total. The molecule has 2 atom stereocenters. The molecule has 1 heterocycles. The molecule has 3 heteroatoms. The van der Waals surface area contributed by atoms with E-state index in [0.717, 1.165) is 6.42 Å². The van der Waals surface area contributed by atoms with Gasteiger partial charge in [0.1, 0.15) is 13.8 Å². The molecule has 0 aliphatic heterocycles. The number of pyridine rings is 1. The van der Waals surface area contributed by atoms with Gasteiger partial charge in [-0.05, 0) is 25.5 Å². The van der Waals surface area contributed by atoms with Gasteiger partial charge in [-0.25, -0.2) is 4.58 Å². The Balaban J connectivity index is 2.93. The summed E-state index contributed by atoms with van der Waals surface area (Å²) in [6, 6.07) is 2.90. The maximum atomic E-state index is 4.21. The maximum absolute atomic E-state index is 4.21. The predicted molar refractivity (Wildman–Crippen MR) is 74.2 cm³/mol. The molecule has 0 spiro atoms. The third-order valence-electron chi connectivity index (χ3n) is 3.54. The average molecular weight is 234 g/mol. The van der Waals surface area contributed by atoms with Gasteiger partial charge < -0.3 is 4.90 Å². The Bertz CT molecular complexity index is 387. The highest BCUT2D eigenvalue weighted by Crippen LogP contribution is 2.21. The van der Waals surface area contributed by atoms with E-state index in [-0.39, 0.29) is 0 Å². The molecule has 0 amide bonds. The molecule has 17 heavy (non-hydrogen) atoms. The SMILES string of the molecule is C=[N+](C)C(CC)C(C)N(C)c1cnccc1C. The van der Waals surface area contributed by atoms with Crippen LogP contribution in [0.3, 0.4) is 0 Å². The highest BCUT2D eigenvalue weighted by Gasteiger charge is 2.26. The third-order valence-corrected chi connectivity index (χ3v) is 3.54. The molecule has 1 aromatic rings. The fourth-order valence-electron chi connectivity index (χ4n) is 2.32. The molecule has 0 aromatic carbocycles. The first-order valence-electron chi connectivity index (χ1n) is 6.15. The monoisotopic (exact) mass is 234 g/mol. The van der Waals surface area contributed by atoms with Gasteiger partial charge in [0.2, 0.25) is 0 Å². The Hall–Kier alpha value is -1.38. The Labute approximate surface area is 105 Å². The number of aromatic nitrogens is 1. The first kappa shape index (κ1) is 13.7. The summed E-state index contributed by atoms with van der Waals surface area (Å²) in [5.41, 5.74) is 2.45. The van der Waals surface area contributed by atoms with Gasteiger partial charge in [-0.15, -0.1) is 0 Å². The molecule has 94 valence electrons. The summed E-state index contributed by atoms with van der Waals surface area (Å²) < 4.78 is 2.05. The molecule has 0 radical (unpaired) electrons. The van der Waals surface area contributed by atoms with Crippen LogP contribution in [0.5, 0.6) is 0 Å². The van der Waals surface area contributed by atoms with E-state index >= 15 is 0 Å². The van der Waals surface area contributed by atoms with Crippen molar-refractivity contribution in [1.82, 2.24) is 4.98 Å². The van der Waals surface area contributed by atoms with Crippen molar-refractivity contribution in [2.45, 2.75) is 39.3 Å². The Morgan fingerprint density at radius 3 is 2.65 bits per heavy atom. The normalized spacial score (nSPS) is 14.2. The van der Waals surface area contributed by atoms with Crippen LogP contribution in [-0.4, -0.2) is 42.5 Å². The van der Waals surface area contributed by atoms with Gasteiger partial charge in [0, 0.05) is 19.7 Å². The lowest BCUT2D eigenvalue weighted by molar-refractivity contribution is -0.533. The fourth-order valence-corrected chi connectivity index (χ4v) is 2.32. The smallest absolute Gasteiger partial charge is 0.171 e. The molecule has 0 aliphatic rings. The average Bonchev–Trinajstić information content (AvgIpc) is 2.29. The van der Waals surface area contributed by atoms with Crippen LogP contribution in [0, 0.1) is 6.92 Å². The van der Waals surface area contributed by atoms with Crippen LogP contribution >= 0.6 is 0 Å². The number of anilines is 1. The summed E-state index contributed by atoms with van der Waals surface area (Å²) >= 11 is 0. The Kier molecular flexibility index (Phi) is 4.67. The predicted octanol–water partition coefficient (Wildman–Crippen LogP) is 2.34. The van der Waals surface area contributed by atoms with E-state index in [4.69, 9.17) is 0 Å². The maximum Gasteiger partial charge on any atom is 0.171 e. The number of hydrogen-bond donors (Lipinski definition) is 0. The van der Waals surface area contributed by atoms with Crippen LogP contribution in [0.2, 0.25) is 0 Å². The van der Waals surface area contributed by atoms with Gasteiger partial charge in [-0.3, -0.25) is 4.98 Å². The first-order valence-corrected chi connectivity index (χ1v) is 6.15. The van der Waals surface area contributed by atoms with E-state index in [0.29, 0.717) is 12.1 Å². The van der Waals surface area contributed by atoms with Crippen molar-refractivity contribution < 1.29 is 4.58 Å². The van der Waals surface area contributed by atoms with Crippen LogP contribution < -0.4 is 4.90 Å². The quantitative estimate of drug-likeness (QED) is 0.575. The van der Waals surface area contributed by atoms with Crippen molar-refractivity contribution in [3.63, 3.8) is 0 Å². The second kappa shape index (κ2) is 5.80. The Morgan fingerprint density at radius 2 is 2.18 bits per heavy atom. The molecular weight excluding hydrogens is 210 g/mol. The molecule has 0 saturated heterocycles. The lowest BCUT2D eigenvalue weighted by Crippen LogP contribution is -2.44. The molecule has 0 fully saturated rings. The number of likely N-dealkylation sites (N-methyl/N-ethyl adjacent to an activating group) is 2. The molecule has 1 aromatic heterocycles. The van der Waals surface area contributed by atoms with Crippen LogP contribution in [0.1, 0.15) is 25.8 Å². The topological polar surface area (TPSA) is 19.1 Å². The van der Waals surface area contributed by atoms with E-state index in [2.05, 4.69) is 44.4 Å². The van der Waals surface area contributed by atoms with Crippen LogP contribution in [0.4, 0.5) is 5.69 Å². The third kappa shape index (κ3) is 3.05. The number of nitrogens with zero attached hydrogens (tertiary/aromatic N) is 3. The van der Waals surface area contributed by atoms with E-state index in [9.17, 15) is 0 Å². The van der Waals surface area contributed by atoms with Crippen LogP contribution in [0.25, 0.3) is 0 Å². The van der Waals surface area contributed by atoms with Crippen LogP contribution in [0.15, 0.2) is 18.5 Å². The zero-order valence-electron chi connectivity index (χ0n) is 11.6. The van der Waals surface area contributed by atoms with Gasteiger partial charge in [0.15, 0.2) is 6.04 Å². The van der Waals surface area contributed by atoms with Gasteiger partial charge in [0.25, 0.3) is 0 Å². The lowest BCUT2D eigenvalue weighted by atomic mass is 10.0. The molecule has 3 nitrogen and oxygen atoms in total. The minimum absolute atomic E-state index is 0.408. The van der Waals surface area contributed by atoms with Crippen molar-refractivity contribution >= 4 is 12.4 Å². The van der Waals surface area contributed by atoms with Crippen molar-refractivity contribution in [3.8, 4) is 0 Å². The van der Waals surface area contributed by atoms with Crippen molar-refractivity contribution in [1.29, 1.82) is 0 Å².